The van der Waals surface area contributed by atoms with E-state index in [4.69, 9.17) is 0 Å². The maximum absolute atomic E-state index is 9.32. The Labute approximate surface area is 85.2 Å². The van der Waals surface area contributed by atoms with E-state index in [1.807, 2.05) is 0 Å². The Kier molecular flexibility index (Phi) is 2.46. The summed E-state index contributed by atoms with van der Waals surface area (Å²) in [7, 11) is 0. The Bertz CT molecular complexity index is 322. The van der Waals surface area contributed by atoms with Gasteiger partial charge in [-0.1, -0.05) is 18.2 Å². The Morgan fingerprint density at radius 3 is 2.79 bits per heavy atom. The lowest BCUT2D eigenvalue weighted by Crippen LogP contribution is -2.39. The van der Waals surface area contributed by atoms with E-state index in [0.717, 1.165) is 6.42 Å². The molecule has 1 heterocycles. The van der Waals surface area contributed by atoms with Crippen molar-refractivity contribution in [3.8, 4) is 0 Å². The van der Waals surface area contributed by atoms with Gasteiger partial charge in [0.1, 0.15) is 0 Å². The van der Waals surface area contributed by atoms with Crippen LogP contribution in [0.15, 0.2) is 24.3 Å². The average Bonchev–Trinajstić information content (AvgIpc) is 2.55. The normalized spacial score (nSPS) is 20.3. The van der Waals surface area contributed by atoms with E-state index in [2.05, 4.69) is 43.0 Å². The number of fused-ring (bicyclic) bond motifs is 1. The third-order valence-corrected chi connectivity index (χ3v) is 2.89. The second-order valence-electron chi connectivity index (χ2n) is 4.17. The van der Waals surface area contributed by atoms with E-state index >= 15 is 0 Å². The summed E-state index contributed by atoms with van der Waals surface area (Å²) in [4.78, 5) is 2.31. The summed E-state index contributed by atoms with van der Waals surface area (Å²) in [5, 5.41) is 9.32. The summed E-state index contributed by atoms with van der Waals surface area (Å²) in [6.45, 7) is 4.59. The molecular formula is C12H17NO. The van der Waals surface area contributed by atoms with Crippen molar-refractivity contribution in [2.24, 2.45) is 0 Å². The fraction of sp³-hybridized carbons (Fsp3) is 0.500. The van der Waals surface area contributed by atoms with Crippen LogP contribution in [0.3, 0.4) is 0 Å². The highest BCUT2D eigenvalue weighted by Gasteiger charge is 2.29. The standard InChI is InChI=1S/C12H17NO/c1-9(2)13-11(8-14)7-10-5-3-4-6-12(10)13/h3-6,9,11,14H,7-8H2,1-2H3/t11-/m0/s1. The SMILES string of the molecule is CC(C)N1c2ccccc2C[C@H]1CO. The van der Waals surface area contributed by atoms with Crippen molar-refractivity contribution in [2.75, 3.05) is 11.5 Å². The zero-order chi connectivity index (χ0) is 10.1. The van der Waals surface area contributed by atoms with Crippen molar-refractivity contribution >= 4 is 5.69 Å². The quantitative estimate of drug-likeness (QED) is 0.770. The largest absolute Gasteiger partial charge is 0.394 e. The molecule has 1 aliphatic heterocycles. The monoisotopic (exact) mass is 191 g/mol. The number of nitrogens with zero attached hydrogens (tertiary/aromatic N) is 1. The molecule has 1 aromatic carbocycles. The van der Waals surface area contributed by atoms with Crippen LogP contribution in [0.4, 0.5) is 5.69 Å². The first-order valence-corrected chi connectivity index (χ1v) is 5.21. The lowest BCUT2D eigenvalue weighted by Gasteiger charge is -2.30. The molecule has 2 heteroatoms. The highest BCUT2D eigenvalue weighted by atomic mass is 16.3. The maximum Gasteiger partial charge on any atom is 0.0638 e. The Balaban J connectivity index is 2.37. The van der Waals surface area contributed by atoms with Gasteiger partial charge < -0.3 is 10.0 Å². The third kappa shape index (κ3) is 1.40. The molecule has 1 atom stereocenters. The molecule has 1 aromatic rings. The van der Waals surface area contributed by atoms with Gasteiger partial charge in [0, 0.05) is 11.7 Å². The summed E-state index contributed by atoms with van der Waals surface area (Å²) < 4.78 is 0. The summed E-state index contributed by atoms with van der Waals surface area (Å²) in [6, 6.07) is 9.15. The van der Waals surface area contributed by atoms with Crippen molar-refractivity contribution in [2.45, 2.75) is 32.4 Å². The highest BCUT2D eigenvalue weighted by molar-refractivity contribution is 5.60. The number of anilines is 1. The summed E-state index contributed by atoms with van der Waals surface area (Å²) in [5.41, 5.74) is 2.65. The fourth-order valence-corrected chi connectivity index (χ4v) is 2.34. The van der Waals surface area contributed by atoms with Gasteiger partial charge in [-0.15, -0.1) is 0 Å². The highest BCUT2D eigenvalue weighted by Crippen LogP contribution is 2.33. The number of hydrogen-bond donors (Lipinski definition) is 1. The maximum atomic E-state index is 9.32. The van der Waals surface area contributed by atoms with Crippen molar-refractivity contribution in [3.63, 3.8) is 0 Å². The first-order valence-electron chi connectivity index (χ1n) is 5.21. The van der Waals surface area contributed by atoms with E-state index < -0.39 is 0 Å². The predicted molar refractivity (Wildman–Crippen MR) is 58.6 cm³/mol. The zero-order valence-corrected chi connectivity index (χ0v) is 8.77. The molecule has 14 heavy (non-hydrogen) atoms. The summed E-state index contributed by atoms with van der Waals surface area (Å²) in [6.07, 6.45) is 0.977. The topological polar surface area (TPSA) is 23.5 Å². The van der Waals surface area contributed by atoms with Crippen LogP contribution < -0.4 is 4.90 Å². The van der Waals surface area contributed by atoms with Gasteiger partial charge in [-0.05, 0) is 31.9 Å². The van der Waals surface area contributed by atoms with Gasteiger partial charge in [0.15, 0.2) is 0 Å². The van der Waals surface area contributed by atoms with Crippen molar-refractivity contribution in [1.82, 2.24) is 0 Å². The van der Waals surface area contributed by atoms with E-state index in [1.54, 1.807) is 0 Å². The molecule has 0 unspecified atom stereocenters. The fourth-order valence-electron chi connectivity index (χ4n) is 2.34. The van der Waals surface area contributed by atoms with Gasteiger partial charge in [-0.25, -0.2) is 0 Å². The lowest BCUT2D eigenvalue weighted by molar-refractivity contribution is 0.259. The molecule has 0 fully saturated rings. The van der Waals surface area contributed by atoms with Crippen molar-refractivity contribution < 1.29 is 5.11 Å². The number of aliphatic hydroxyl groups excluding tert-OH is 1. The van der Waals surface area contributed by atoms with Crippen LogP contribution in [0.2, 0.25) is 0 Å². The minimum absolute atomic E-state index is 0.243. The molecular weight excluding hydrogens is 174 g/mol. The van der Waals surface area contributed by atoms with Gasteiger partial charge in [0.2, 0.25) is 0 Å². The molecule has 2 rings (SSSR count). The van der Waals surface area contributed by atoms with Crippen LogP contribution in [-0.2, 0) is 6.42 Å². The van der Waals surface area contributed by atoms with Crippen LogP contribution in [0.5, 0.6) is 0 Å². The molecule has 0 saturated heterocycles. The van der Waals surface area contributed by atoms with E-state index in [0.29, 0.717) is 6.04 Å². The van der Waals surface area contributed by atoms with Crippen LogP contribution in [0, 0.1) is 0 Å². The average molecular weight is 191 g/mol. The van der Waals surface area contributed by atoms with Crippen molar-refractivity contribution in [3.05, 3.63) is 29.8 Å². The molecule has 1 aliphatic rings. The lowest BCUT2D eigenvalue weighted by atomic mass is 10.1. The number of aliphatic hydroxyl groups is 1. The molecule has 0 amide bonds. The molecule has 0 aromatic heterocycles. The van der Waals surface area contributed by atoms with Gasteiger partial charge >= 0.3 is 0 Å². The molecule has 2 nitrogen and oxygen atoms in total. The van der Waals surface area contributed by atoms with Gasteiger partial charge in [0.25, 0.3) is 0 Å². The first kappa shape index (κ1) is 9.53. The van der Waals surface area contributed by atoms with E-state index in [1.165, 1.54) is 11.3 Å². The number of benzene rings is 1. The predicted octanol–water partition coefficient (Wildman–Crippen LogP) is 1.82. The minimum atomic E-state index is 0.243. The van der Waals surface area contributed by atoms with Gasteiger partial charge in [-0.2, -0.15) is 0 Å². The second kappa shape index (κ2) is 3.62. The smallest absolute Gasteiger partial charge is 0.0638 e. The van der Waals surface area contributed by atoms with Gasteiger partial charge in [0.05, 0.1) is 12.6 Å². The summed E-state index contributed by atoms with van der Waals surface area (Å²) in [5.74, 6) is 0. The minimum Gasteiger partial charge on any atom is -0.394 e. The van der Waals surface area contributed by atoms with E-state index in [-0.39, 0.29) is 12.6 Å². The van der Waals surface area contributed by atoms with E-state index in [9.17, 15) is 5.11 Å². The molecule has 1 N–H and O–H groups in total. The van der Waals surface area contributed by atoms with Crippen molar-refractivity contribution in [1.29, 1.82) is 0 Å². The molecule has 0 aliphatic carbocycles. The van der Waals surface area contributed by atoms with Crippen LogP contribution in [0.1, 0.15) is 19.4 Å². The molecule has 0 radical (unpaired) electrons. The summed E-state index contributed by atoms with van der Waals surface area (Å²) >= 11 is 0. The molecule has 76 valence electrons. The molecule has 0 bridgehead atoms. The van der Waals surface area contributed by atoms with Crippen LogP contribution >= 0.6 is 0 Å². The van der Waals surface area contributed by atoms with Gasteiger partial charge in [-0.3, -0.25) is 0 Å². The zero-order valence-electron chi connectivity index (χ0n) is 8.77. The Hall–Kier alpha value is -1.02. The number of hydrogen-bond acceptors (Lipinski definition) is 2. The molecule has 0 saturated carbocycles. The van der Waals surface area contributed by atoms with Crippen LogP contribution in [0.25, 0.3) is 0 Å². The Morgan fingerprint density at radius 1 is 1.43 bits per heavy atom. The molecule has 0 spiro atoms. The number of para-hydroxylation sites is 1. The third-order valence-electron chi connectivity index (χ3n) is 2.89. The van der Waals surface area contributed by atoms with Crippen LogP contribution in [-0.4, -0.2) is 23.8 Å². The first-order chi connectivity index (χ1) is 6.74. The second-order valence-corrected chi connectivity index (χ2v) is 4.17. The number of rotatable bonds is 2. The Morgan fingerprint density at radius 2 is 2.14 bits per heavy atom.